The van der Waals surface area contributed by atoms with Crippen molar-refractivity contribution in [1.82, 2.24) is 4.90 Å². The molecule has 0 spiro atoms. The molecule has 0 aromatic heterocycles. The molecule has 3 aliphatic rings. The predicted molar refractivity (Wildman–Crippen MR) is 115 cm³/mol. The van der Waals surface area contributed by atoms with Crippen LogP contribution in [-0.2, 0) is 11.2 Å². The Kier molecular flexibility index (Phi) is 5.07. The van der Waals surface area contributed by atoms with Gasteiger partial charge in [-0.05, 0) is 30.6 Å². The zero-order valence-corrected chi connectivity index (χ0v) is 18.6. The van der Waals surface area contributed by atoms with E-state index in [4.69, 9.17) is 28.4 Å². The molecule has 0 radical (unpaired) electrons. The van der Waals surface area contributed by atoms with Gasteiger partial charge in [0.1, 0.15) is 11.7 Å². The number of azide groups is 1. The normalized spacial score (nSPS) is 20.4. The molecule has 0 N–H and O–H groups in total. The van der Waals surface area contributed by atoms with Crippen molar-refractivity contribution >= 4 is 11.7 Å². The first kappa shape index (κ1) is 21.0. The molecule has 11 heteroatoms. The van der Waals surface area contributed by atoms with Gasteiger partial charge in [-0.3, -0.25) is 4.90 Å². The van der Waals surface area contributed by atoms with Crippen LogP contribution in [0, 0.1) is 0 Å². The van der Waals surface area contributed by atoms with E-state index < -0.39 is 18.1 Å². The average Bonchev–Trinajstić information content (AvgIpc) is 3.43. The third-order valence-corrected chi connectivity index (χ3v) is 6.33. The van der Waals surface area contributed by atoms with Gasteiger partial charge in [0.05, 0.1) is 33.1 Å². The van der Waals surface area contributed by atoms with E-state index >= 15 is 0 Å². The Morgan fingerprint density at radius 2 is 1.88 bits per heavy atom. The maximum atomic E-state index is 13.0. The van der Waals surface area contributed by atoms with Gasteiger partial charge in [-0.15, -0.1) is 0 Å². The van der Waals surface area contributed by atoms with Gasteiger partial charge in [0.15, 0.2) is 23.0 Å². The number of cyclic esters (lactones) is 1. The van der Waals surface area contributed by atoms with Crippen molar-refractivity contribution in [3.05, 3.63) is 44.8 Å². The number of fused-ring (bicyclic) bond motifs is 3. The lowest BCUT2D eigenvalue weighted by molar-refractivity contribution is 0.00878. The van der Waals surface area contributed by atoms with E-state index in [9.17, 15) is 10.3 Å². The third-order valence-electron chi connectivity index (χ3n) is 6.33. The van der Waals surface area contributed by atoms with E-state index in [-0.39, 0.29) is 6.79 Å². The smallest absolute Gasteiger partial charge is 0.343 e. The van der Waals surface area contributed by atoms with Gasteiger partial charge in [-0.1, -0.05) is 11.2 Å². The van der Waals surface area contributed by atoms with E-state index in [2.05, 4.69) is 14.9 Å². The summed E-state index contributed by atoms with van der Waals surface area (Å²) in [6.45, 7) is 0.617. The summed E-state index contributed by atoms with van der Waals surface area (Å²) in [6.07, 6.45) is -0.0760. The SMILES string of the molecule is COc1ccc2c(c1OC)C(=O)OC2C1c2c(c(N=[N+]=[N-])c3c(c2OC)OCO3)CCN1C. The fraction of sp³-hybridized carbons (Fsp3) is 0.409. The van der Waals surface area contributed by atoms with Gasteiger partial charge < -0.3 is 28.4 Å². The maximum absolute atomic E-state index is 13.0. The summed E-state index contributed by atoms with van der Waals surface area (Å²) in [5, 5.41) is 3.92. The lowest BCUT2D eigenvalue weighted by atomic mass is 9.84. The first-order chi connectivity index (χ1) is 16.0. The largest absolute Gasteiger partial charge is 0.493 e. The maximum Gasteiger partial charge on any atom is 0.343 e. The molecule has 3 aliphatic heterocycles. The number of benzene rings is 2. The van der Waals surface area contributed by atoms with Gasteiger partial charge >= 0.3 is 5.97 Å². The number of esters is 1. The number of hydrogen-bond donors (Lipinski definition) is 0. The van der Waals surface area contributed by atoms with E-state index in [0.717, 1.165) is 11.1 Å². The molecule has 11 nitrogen and oxygen atoms in total. The summed E-state index contributed by atoms with van der Waals surface area (Å²) in [4.78, 5) is 18.1. The topological polar surface area (TPSA) is 124 Å². The minimum atomic E-state index is -0.662. The molecule has 0 aliphatic carbocycles. The molecule has 0 saturated heterocycles. The second-order valence-electron chi connectivity index (χ2n) is 7.79. The second kappa shape index (κ2) is 7.95. The van der Waals surface area contributed by atoms with Gasteiger partial charge in [0, 0.05) is 22.6 Å². The summed E-state index contributed by atoms with van der Waals surface area (Å²) in [7, 11) is 6.48. The first-order valence-corrected chi connectivity index (χ1v) is 10.3. The van der Waals surface area contributed by atoms with Crippen LogP contribution in [0.5, 0.6) is 28.7 Å². The Hall–Kier alpha value is -3.82. The highest BCUT2D eigenvalue weighted by atomic mass is 16.7. The Morgan fingerprint density at radius 3 is 2.58 bits per heavy atom. The summed E-state index contributed by atoms with van der Waals surface area (Å²) < 4.78 is 33.8. The van der Waals surface area contributed by atoms with Crippen molar-refractivity contribution in [2.75, 3.05) is 41.7 Å². The van der Waals surface area contributed by atoms with Crippen LogP contribution in [0.2, 0.25) is 0 Å². The lowest BCUT2D eigenvalue weighted by Gasteiger charge is -2.39. The molecule has 5 rings (SSSR count). The van der Waals surface area contributed by atoms with Crippen LogP contribution in [-0.4, -0.2) is 52.6 Å². The zero-order chi connectivity index (χ0) is 23.3. The highest BCUT2D eigenvalue weighted by Crippen LogP contribution is 2.59. The minimum Gasteiger partial charge on any atom is -0.493 e. The van der Waals surface area contributed by atoms with Crippen LogP contribution in [0.4, 0.5) is 5.69 Å². The molecular formula is C22H22N4O7. The highest BCUT2D eigenvalue weighted by Gasteiger charge is 2.47. The lowest BCUT2D eigenvalue weighted by Crippen LogP contribution is -2.36. The molecule has 0 fully saturated rings. The molecule has 2 aromatic carbocycles. The Balaban J connectivity index is 1.75. The molecule has 3 heterocycles. The van der Waals surface area contributed by atoms with E-state index in [1.807, 2.05) is 13.1 Å². The van der Waals surface area contributed by atoms with Gasteiger partial charge in [0.25, 0.3) is 0 Å². The van der Waals surface area contributed by atoms with Gasteiger partial charge in [-0.25, -0.2) is 4.79 Å². The number of nitrogens with zero attached hydrogens (tertiary/aromatic N) is 4. The zero-order valence-electron chi connectivity index (χ0n) is 18.6. The number of ether oxygens (including phenoxy) is 6. The molecule has 172 valence electrons. The van der Waals surface area contributed by atoms with Crippen molar-refractivity contribution < 1.29 is 33.2 Å². The van der Waals surface area contributed by atoms with Crippen LogP contribution in [0.15, 0.2) is 17.2 Å². The number of rotatable bonds is 5. The predicted octanol–water partition coefficient (Wildman–Crippen LogP) is 3.82. The minimum absolute atomic E-state index is 0.0126. The van der Waals surface area contributed by atoms with Crippen LogP contribution < -0.4 is 23.7 Å². The molecule has 2 aromatic rings. The van der Waals surface area contributed by atoms with Crippen LogP contribution >= 0.6 is 0 Å². The summed E-state index contributed by atoms with van der Waals surface area (Å²) >= 11 is 0. The number of carbonyl (C=O) groups is 1. The first-order valence-electron chi connectivity index (χ1n) is 10.3. The van der Waals surface area contributed by atoms with Gasteiger partial charge in [0.2, 0.25) is 12.5 Å². The van der Waals surface area contributed by atoms with E-state index in [1.54, 1.807) is 13.2 Å². The molecular weight excluding hydrogens is 432 g/mol. The van der Waals surface area contributed by atoms with Crippen LogP contribution in [0.25, 0.3) is 10.4 Å². The molecule has 2 unspecified atom stereocenters. The van der Waals surface area contributed by atoms with Crippen LogP contribution in [0.1, 0.15) is 39.2 Å². The summed E-state index contributed by atoms with van der Waals surface area (Å²) in [6, 6.07) is 3.12. The molecule has 33 heavy (non-hydrogen) atoms. The quantitative estimate of drug-likeness (QED) is 0.289. The monoisotopic (exact) mass is 454 g/mol. The van der Waals surface area contributed by atoms with Crippen molar-refractivity contribution in [3.63, 3.8) is 0 Å². The number of methoxy groups -OCH3 is 3. The van der Waals surface area contributed by atoms with Crippen molar-refractivity contribution in [2.45, 2.75) is 18.6 Å². The summed E-state index contributed by atoms with van der Waals surface area (Å²) in [5.41, 5.74) is 12.1. The van der Waals surface area contributed by atoms with Crippen molar-refractivity contribution in [1.29, 1.82) is 0 Å². The molecule has 2 atom stereocenters. The highest BCUT2D eigenvalue weighted by molar-refractivity contribution is 5.98. The second-order valence-corrected chi connectivity index (χ2v) is 7.79. The average molecular weight is 454 g/mol. The Labute approximate surface area is 189 Å². The van der Waals surface area contributed by atoms with Crippen molar-refractivity contribution in [2.24, 2.45) is 5.11 Å². The van der Waals surface area contributed by atoms with Crippen molar-refractivity contribution in [3.8, 4) is 28.7 Å². The van der Waals surface area contributed by atoms with Crippen LogP contribution in [0.3, 0.4) is 0 Å². The molecule has 0 saturated carbocycles. The summed E-state index contributed by atoms with van der Waals surface area (Å²) in [5.74, 6) is 1.47. The van der Waals surface area contributed by atoms with E-state index in [0.29, 0.717) is 58.5 Å². The molecule has 0 bridgehead atoms. The fourth-order valence-electron chi connectivity index (χ4n) is 4.96. The Morgan fingerprint density at radius 1 is 1.12 bits per heavy atom. The number of likely N-dealkylation sites (N-methyl/N-ethyl adjacent to an activating group) is 1. The number of hydrogen-bond acceptors (Lipinski definition) is 9. The van der Waals surface area contributed by atoms with E-state index in [1.165, 1.54) is 14.2 Å². The molecule has 0 amide bonds. The Bertz CT molecular complexity index is 1210. The fourth-order valence-corrected chi connectivity index (χ4v) is 4.96. The number of carbonyl (C=O) groups excluding carboxylic acids is 1. The standard InChI is InChI=1S/C22H22N4O7/c1-26-8-7-10-13(19(30-4)21-20(31-9-32-21)15(10)24-25-23)16(26)17-11-5-6-12(28-2)18(29-3)14(11)22(27)33-17/h5-6,16-17H,7-9H2,1-4H3. The van der Waals surface area contributed by atoms with Gasteiger partial charge in [-0.2, -0.15) is 0 Å². The third kappa shape index (κ3) is 2.93.